The lowest BCUT2D eigenvalue weighted by Gasteiger charge is -2.39. The second-order valence-electron chi connectivity index (χ2n) is 8.32. The van der Waals surface area contributed by atoms with Gasteiger partial charge in [0.1, 0.15) is 11.8 Å². The SMILES string of the molecule is COC(=O)C1Cc2cc(OCC3(N(C(=O)O)C(C)(C)C)CC3)nc(Cl)c2C1. The lowest BCUT2D eigenvalue weighted by atomic mass is 10.0. The van der Waals surface area contributed by atoms with Gasteiger partial charge in [0.2, 0.25) is 5.88 Å². The van der Waals surface area contributed by atoms with Crippen molar-refractivity contribution in [3.63, 3.8) is 0 Å². The summed E-state index contributed by atoms with van der Waals surface area (Å²) in [6.45, 7) is 5.84. The van der Waals surface area contributed by atoms with Crippen LogP contribution in [0.25, 0.3) is 0 Å². The van der Waals surface area contributed by atoms with Crippen molar-refractivity contribution in [1.82, 2.24) is 9.88 Å². The zero-order valence-corrected chi connectivity index (χ0v) is 16.8. The lowest BCUT2D eigenvalue weighted by molar-refractivity contribution is -0.145. The van der Waals surface area contributed by atoms with Crippen molar-refractivity contribution in [2.24, 2.45) is 5.92 Å². The van der Waals surface area contributed by atoms with Crippen molar-refractivity contribution in [2.45, 2.75) is 57.5 Å². The smallest absolute Gasteiger partial charge is 0.408 e. The highest BCUT2D eigenvalue weighted by Crippen LogP contribution is 2.46. The highest BCUT2D eigenvalue weighted by Gasteiger charge is 2.55. The first-order valence-electron chi connectivity index (χ1n) is 8.99. The van der Waals surface area contributed by atoms with Crippen LogP contribution in [-0.2, 0) is 22.4 Å². The van der Waals surface area contributed by atoms with Crippen molar-refractivity contribution in [2.75, 3.05) is 13.7 Å². The Labute approximate surface area is 163 Å². The Balaban J connectivity index is 1.74. The average molecular weight is 397 g/mol. The number of carboxylic acid groups (broad SMARTS) is 1. The molecule has 0 saturated heterocycles. The maximum atomic E-state index is 11.8. The second-order valence-corrected chi connectivity index (χ2v) is 8.68. The van der Waals surface area contributed by atoms with Gasteiger partial charge in [0.15, 0.2) is 0 Å². The number of carbonyl (C=O) groups is 2. The molecule has 0 aromatic carbocycles. The molecule has 1 atom stereocenters. The molecule has 1 aromatic heterocycles. The summed E-state index contributed by atoms with van der Waals surface area (Å²) in [5.41, 5.74) is 0.715. The van der Waals surface area contributed by atoms with E-state index in [4.69, 9.17) is 21.1 Å². The van der Waals surface area contributed by atoms with E-state index in [0.29, 0.717) is 23.9 Å². The zero-order chi connectivity index (χ0) is 20.0. The third-order valence-corrected chi connectivity index (χ3v) is 5.56. The molecule has 0 radical (unpaired) electrons. The molecule has 0 bridgehead atoms. The van der Waals surface area contributed by atoms with Crippen LogP contribution in [0.1, 0.15) is 44.7 Å². The van der Waals surface area contributed by atoms with E-state index >= 15 is 0 Å². The summed E-state index contributed by atoms with van der Waals surface area (Å²) in [7, 11) is 1.37. The van der Waals surface area contributed by atoms with Crippen molar-refractivity contribution >= 4 is 23.7 Å². The molecule has 0 aliphatic heterocycles. The van der Waals surface area contributed by atoms with Gasteiger partial charge in [-0.1, -0.05) is 11.6 Å². The third-order valence-electron chi connectivity index (χ3n) is 5.25. The zero-order valence-electron chi connectivity index (χ0n) is 16.0. The Morgan fingerprint density at radius 3 is 2.56 bits per heavy atom. The predicted octanol–water partition coefficient (Wildman–Crippen LogP) is 3.31. The minimum Gasteiger partial charge on any atom is -0.475 e. The Hall–Kier alpha value is -2.02. The number of pyridine rings is 1. The lowest BCUT2D eigenvalue weighted by Crippen LogP contribution is -2.55. The van der Waals surface area contributed by atoms with Crippen molar-refractivity contribution in [1.29, 1.82) is 0 Å². The Morgan fingerprint density at radius 1 is 1.37 bits per heavy atom. The Morgan fingerprint density at radius 2 is 2.04 bits per heavy atom. The van der Waals surface area contributed by atoms with Crippen LogP contribution < -0.4 is 4.74 Å². The number of aromatic nitrogens is 1. The van der Waals surface area contributed by atoms with E-state index in [1.54, 1.807) is 6.07 Å². The van der Waals surface area contributed by atoms with Crippen LogP contribution in [-0.4, -0.2) is 51.8 Å². The third kappa shape index (κ3) is 3.83. The van der Waals surface area contributed by atoms with E-state index < -0.39 is 17.2 Å². The molecule has 0 spiro atoms. The van der Waals surface area contributed by atoms with E-state index in [1.807, 2.05) is 20.8 Å². The first-order valence-corrected chi connectivity index (χ1v) is 9.37. The standard InChI is InChI=1S/C19H25ClN2O5/c1-18(2,3)22(17(24)25)19(5-6-19)10-27-14-9-11-7-12(16(23)26-4)8-13(11)15(20)21-14/h9,12H,5-8,10H2,1-4H3,(H,24,25). The van der Waals surface area contributed by atoms with Crippen molar-refractivity contribution in [3.8, 4) is 5.88 Å². The van der Waals surface area contributed by atoms with Gasteiger partial charge >= 0.3 is 12.1 Å². The van der Waals surface area contributed by atoms with Gasteiger partial charge in [-0.3, -0.25) is 9.69 Å². The molecule has 27 heavy (non-hydrogen) atoms. The molecule has 1 amide bonds. The number of ether oxygens (including phenoxy) is 2. The monoisotopic (exact) mass is 396 g/mol. The van der Waals surface area contributed by atoms with Gasteiger partial charge in [-0.15, -0.1) is 0 Å². The Kier molecular flexibility index (Phi) is 5.01. The molecule has 3 rings (SSSR count). The average Bonchev–Trinajstić information content (AvgIpc) is 3.18. The van der Waals surface area contributed by atoms with Crippen molar-refractivity contribution in [3.05, 3.63) is 22.3 Å². The van der Waals surface area contributed by atoms with Gasteiger partial charge in [0.05, 0.1) is 18.6 Å². The fourth-order valence-electron chi connectivity index (χ4n) is 3.94. The molecule has 2 aliphatic rings. The van der Waals surface area contributed by atoms with Crippen LogP contribution in [0.2, 0.25) is 5.15 Å². The molecule has 2 aliphatic carbocycles. The molecule has 148 valence electrons. The quantitative estimate of drug-likeness (QED) is 0.606. The van der Waals surface area contributed by atoms with E-state index in [0.717, 1.165) is 24.0 Å². The van der Waals surface area contributed by atoms with Gasteiger partial charge < -0.3 is 14.6 Å². The number of esters is 1. The summed E-state index contributed by atoms with van der Waals surface area (Å²) < 4.78 is 10.7. The minimum absolute atomic E-state index is 0.221. The number of amides is 1. The molecule has 8 heteroatoms. The molecular weight excluding hydrogens is 372 g/mol. The van der Waals surface area contributed by atoms with Gasteiger partial charge in [0, 0.05) is 11.6 Å². The van der Waals surface area contributed by atoms with E-state index in [-0.39, 0.29) is 18.5 Å². The van der Waals surface area contributed by atoms with Crippen LogP contribution >= 0.6 is 11.6 Å². The van der Waals surface area contributed by atoms with Gasteiger partial charge in [-0.25, -0.2) is 9.78 Å². The minimum atomic E-state index is -0.954. The number of fused-ring (bicyclic) bond motifs is 1. The molecule has 1 fully saturated rings. The van der Waals surface area contributed by atoms with Crippen LogP contribution in [0.3, 0.4) is 0 Å². The summed E-state index contributed by atoms with van der Waals surface area (Å²) >= 11 is 6.29. The van der Waals surface area contributed by atoms with Gasteiger partial charge in [-0.05, 0) is 57.6 Å². The van der Waals surface area contributed by atoms with E-state index in [2.05, 4.69) is 4.98 Å². The molecule has 1 unspecified atom stereocenters. The van der Waals surface area contributed by atoms with Crippen LogP contribution in [0.15, 0.2) is 6.07 Å². The fourth-order valence-corrected chi connectivity index (χ4v) is 4.22. The number of methoxy groups -OCH3 is 1. The van der Waals surface area contributed by atoms with Gasteiger partial charge in [-0.2, -0.15) is 0 Å². The van der Waals surface area contributed by atoms with Crippen LogP contribution in [0.4, 0.5) is 4.79 Å². The molecule has 1 saturated carbocycles. The molecular formula is C19H25ClN2O5. The molecule has 1 N–H and O–H groups in total. The highest BCUT2D eigenvalue weighted by atomic mass is 35.5. The summed E-state index contributed by atoms with van der Waals surface area (Å²) in [5, 5.41) is 9.97. The normalized spacial score (nSPS) is 20.0. The number of carbonyl (C=O) groups excluding carboxylic acids is 1. The predicted molar refractivity (Wildman–Crippen MR) is 99.2 cm³/mol. The topological polar surface area (TPSA) is 89.0 Å². The largest absolute Gasteiger partial charge is 0.475 e. The summed E-state index contributed by atoms with van der Waals surface area (Å²) in [5.74, 6) is -0.156. The van der Waals surface area contributed by atoms with E-state index in [1.165, 1.54) is 12.0 Å². The van der Waals surface area contributed by atoms with Crippen LogP contribution in [0.5, 0.6) is 5.88 Å². The van der Waals surface area contributed by atoms with Gasteiger partial charge in [0.25, 0.3) is 0 Å². The Bertz CT molecular complexity index is 770. The number of hydrogen-bond donors (Lipinski definition) is 1. The van der Waals surface area contributed by atoms with E-state index in [9.17, 15) is 14.7 Å². The maximum Gasteiger partial charge on any atom is 0.408 e. The number of nitrogens with zero attached hydrogens (tertiary/aromatic N) is 2. The van der Waals surface area contributed by atoms with Crippen molar-refractivity contribution < 1.29 is 24.2 Å². The molecule has 1 heterocycles. The first kappa shape index (κ1) is 19.7. The first-order chi connectivity index (χ1) is 12.6. The number of halogens is 1. The molecule has 1 aromatic rings. The maximum absolute atomic E-state index is 11.8. The highest BCUT2D eigenvalue weighted by molar-refractivity contribution is 6.30. The second kappa shape index (κ2) is 6.86. The fraction of sp³-hybridized carbons (Fsp3) is 0.632. The number of hydrogen-bond acceptors (Lipinski definition) is 5. The summed E-state index contributed by atoms with van der Waals surface area (Å²) in [6, 6.07) is 1.79. The van der Waals surface area contributed by atoms with Crippen LogP contribution in [0, 0.1) is 5.92 Å². The summed E-state index contributed by atoms with van der Waals surface area (Å²) in [4.78, 5) is 29.3. The number of rotatable bonds is 5. The summed E-state index contributed by atoms with van der Waals surface area (Å²) in [6.07, 6.45) is 1.59. The molecule has 7 nitrogen and oxygen atoms in total.